The van der Waals surface area contributed by atoms with Gasteiger partial charge < -0.3 is 14.8 Å². The van der Waals surface area contributed by atoms with Gasteiger partial charge in [-0.2, -0.15) is 8.42 Å². The zero-order chi connectivity index (χ0) is 31.6. The third-order valence-electron chi connectivity index (χ3n) is 7.05. The van der Waals surface area contributed by atoms with E-state index >= 15 is 0 Å². The molecule has 0 heterocycles. The normalized spacial score (nSPS) is 11.1. The van der Waals surface area contributed by atoms with Crippen LogP contribution in [-0.2, 0) is 29.2 Å². The van der Waals surface area contributed by atoms with Gasteiger partial charge in [0.2, 0.25) is 0 Å². The van der Waals surface area contributed by atoms with Crippen LogP contribution in [0.1, 0.15) is 168 Å². The van der Waals surface area contributed by atoms with E-state index in [0.717, 1.165) is 25.7 Å². The molecule has 0 atom stereocenters. The van der Waals surface area contributed by atoms with Crippen LogP contribution < -0.4 is 5.32 Å². The van der Waals surface area contributed by atoms with Crippen molar-refractivity contribution in [3.8, 4) is 0 Å². The Morgan fingerprint density at radius 2 is 0.762 bits per heavy atom. The van der Waals surface area contributed by atoms with Crippen LogP contribution in [0.2, 0.25) is 0 Å². The van der Waals surface area contributed by atoms with E-state index in [9.17, 15) is 18.0 Å². The molecule has 2 N–H and O–H groups in total. The highest BCUT2D eigenvalue weighted by Gasteiger charge is 2.04. The molecule has 0 unspecified atom stereocenters. The topological polar surface area (TPSA) is 119 Å². The minimum absolute atomic E-state index is 0.101. The fourth-order valence-corrected chi connectivity index (χ4v) is 4.61. The molecule has 0 aliphatic carbocycles. The molecule has 9 heteroatoms. The standard InChI is InChI=1S/C32H63NO4.CH4O3S/c1-3-5-7-9-11-13-15-17-19-21-23-25-31(34)36-29-27-33-28-30-37-32(35)26-24-22-20-18-16-14-12-10-8-6-4-2;1-5(2,3)4/h33H,3-30H2,1-2H3;1H3,(H,2,3,4). The van der Waals surface area contributed by atoms with Crippen molar-refractivity contribution in [2.24, 2.45) is 0 Å². The largest absolute Gasteiger partial charge is 0.464 e. The summed E-state index contributed by atoms with van der Waals surface area (Å²) in [7, 11) is -3.67. The van der Waals surface area contributed by atoms with Crippen molar-refractivity contribution in [2.45, 2.75) is 168 Å². The van der Waals surface area contributed by atoms with E-state index in [1.54, 1.807) is 0 Å². The van der Waals surface area contributed by atoms with E-state index in [1.807, 2.05) is 0 Å². The summed E-state index contributed by atoms with van der Waals surface area (Å²) in [5, 5.41) is 3.17. The second kappa shape index (κ2) is 34.3. The summed E-state index contributed by atoms with van der Waals surface area (Å²) in [6.07, 6.45) is 29.9. The van der Waals surface area contributed by atoms with Crippen LogP contribution in [0.15, 0.2) is 0 Å². The Kier molecular flexibility index (Phi) is 35.1. The Hall–Kier alpha value is -1.19. The van der Waals surface area contributed by atoms with E-state index in [4.69, 9.17) is 14.0 Å². The number of hydrogen-bond acceptors (Lipinski definition) is 7. The molecule has 0 spiro atoms. The van der Waals surface area contributed by atoms with Crippen LogP contribution in [0, 0.1) is 0 Å². The highest BCUT2D eigenvalue weighted by atomic mass is 32.2. The highest BCUT2D eigenvalue weighted by Crippen LogP contribution is 2.13. The first-order valence-electron chi connectivity index (χ1n) is 17.1. The zero-order valence-corrected chi connectivity index (χ0v) is 28.4. The number of unbranched alkanes of at least 4 members (excludes halogenated alkanes) is 20. The molecule has 0 saturated heterocycles. The minimum atomic E-state index is -3.67. The lowest BCUT2D eigenvalue weighted by Crippen LogP contribution is -2.26. The smallest absolute Gasteiger partial charge is 0.305 e. The fourth-order valence-electron chi connectivity index (χ4n) is 4.61. The lowest BCUT2D eigenvalue weighted by atomic mass is 10.1. The first-order valence-corrected chi connectivity index (χ1v) is 19.0. The van der Waals surface area contributed by atoms with Crippen molar-refractivity contribution < 1.29 is 32.0 Å². The fraction of sp³-hybridized carbons (Fsp3) is 0.939. The van der Waals surface area contributed by atoms with Gasteiger partial charge in [0.25, 0.3) is 10.1 Å². The van der Waals surface area contributed by atoms with Gasteiger partial charge in [-0.05, 0) is 12.8 Å². The lowest BCUT2D eigenvalue weighted by Gasteiger charge is -2.08. The molecule has 0 aromatic rings. The summed E-state index contributed by atoms with van der Waals surface area (Å²) >= 11 is 0. The average molecular weight is 622 g/mol. The Morgan fingerprint density at radius 1 is 0.524 bits per heavy atom. The summed E-state index contributed by atoms with van der Waals surface area (Å²) in [5.74, 6) is -0.202. The van der Waals surface area contributed by atoms with E-state index in [2.05, 4.69) is 19.2 Å². The first kappa shape index (κ1) is 42.9. The molecule has 0 radical (unpaired) electrons. The number of esters is 2. The molecule has 42 heavy (non-hydrogen) atoms. The van der Waals surface area contributed by atoms with Gasteiger partial charge in [0, 0.05) is 25.9 Å². The molecule has 0 saturated carbocycles. The molecule has 0 rings (SSSR count). The van der Waals surface area contributed by atoms with Gasteiger partial charge in [-0.1, -0.05) is 142 Å². The van der Waals surface area contributed by atoms with Crippen LogP contribution in [0.3, 0.4) is 0 Å². The molecule has 0 aromatic carbocycles. The Bertz CT molecular complexity index is 636. The maximum Gasteiger partial charge on any atom is 0.305 e. The van der Waals surface area contributed by atoms with Gasteiger partial charge in [0.05, 0.1) is 6.26 Å². The zero-order valence-electron chi connectivity index (χ0n) is 27.6. The maximum absolute atomic E-state index is 11.8. The number of carbonyl (C=O) groups excluding carboxylic acids is 2. The van der Waals surface area contributed by atoms with Gasteiger partial charge in [-0.15, -0.1) is 0 Å². The lowest BCUT2D eigenvalue weighted by molar-refractivity contribution is -0.143. The third-order valence-corrected chi connectivity index (χ3v) is 7.05. The van der Waals surface area contributed by atoms with E-state index in [1.165, 1.54) is 116 Å². The summed E-state index contributed by atoms with van der Waals surface area (Å²) in [6.45, 7) is 6.47. The molecule has 0 bridgehead atoms. The second-order valence-electron chi connectivity index (χ2n) is 11.5. The monoisotopic (exact) mass is 621 g/mol. The maximum atomic E-state index is 11.8. The van der Waals surface area contributed by atoms with Crippen molar-refractivity contribution in [1.82, 2.24) is 5.32 Å². The molecule has 0 amide bonds. The predicted molar refractivity (Wildman–Crippen MR) is 174 cm³/mol. The van der Waals surface area contributed by atoms with E-state index in [0.29, 0.717) is 45.4 Å². The molecular formula is C33H67NO7S. The summed E-state index contributed by atoms with van der Waals surface area (Å²) in [4.78, 5) is 23.6. The highest BCUT2D eigenvalue weighted by molar-refractivity contribution is 7.85. The molecule has 252 valence electrons. The molecule has 8 nitrogen and oxygen atoms in total. The molecule has 0 fully saturated rings. The Morgan fingerprint density at radius 3 is 1.02 bits per heavy atom. The molecule has 0 aliphatic heterocycles. The van der Waals surface area contributed by atoms with Crippen LogP contribution >= 0.6 is 0 Å². The third kappa shape index (κ3) is 45.8. The van der Waals surface area contributed by atoms with Crippen LogP contribution in [0.5, 0.6) is 0 Å². The van der Waals surface area contributed by atoms with Crippen molar-refractivity contribution in [2.75, 3.05) is 32.6 Å². The summed E-state index contributed by atoms with van der Waals surface area (Å²) in [6, 6.07) is 0. The van der Waals surface area contributed by atoms with Crippen molar-refractivity contribution in [3.05, 3.63) is 0 Å². The number of rotatable bonds is 30. The van der Waals surface area contributed by atoms with Gasteiger partial charge in [-0.3, -0.25) is 14.1 Å². The van der Waals surface area contributed by atoms with E-state index < -0.39 is 10.1 Å². The van der Waals surface area contributed by atoms with E-state index in [-0.39, 0.29) is 11.9 Å². The molecule has 0 aromatic heterocycles. The minimum Gasteiger partial charge on any atom is -0.464 e. The van der Waals surface area contributed by atoms with Crippen LogP contribution in [0.4, 0.5) is 0 Å². The van der Waals surface area contributed by atoms with Crippen LogP contribution in [-0.4, -0.2) is 57.5 Å². The summed E-state index contributed by atoms with van der Waals surface area (Å²) in [5.41, 5.74) is 0. The van der Waals surface area contributed by atoms with Crippen molar-refractivity contribution in [1.29, 1.82) is 0 Å². The average Bonchev–Trinajstić information content (AvgIpc) is 2.93. The SMILES string of the molecule is CCCCCCCCCCCCCC(=O)OCCNCCOC(=O)CCCCCCCCCCCCC.CS(=O)(=O)O. The number of carbonyl (C=O) groups is 2. The number of ether oxygens (including phenoxy) is 2. The second-order valence-corrected chi connectivity index (χ2v) is 13.0. The first-order chi connectivity index (χ1) is 20.2. The number of hydrogen-bond donors (Lipinski definition) is 2. The van der Waals surface area contributed by atoms with Gasteiger partial charge in [-0.25, -0.2) is 0 Å². The van der Waals surface area contributed by atoms with Crippen molar-refractivity contribution >= 4 is 22.1 Å². The van der Waals surface area contributed by atoms with Gasteiger partial charge in [0.15, 0.2) is 0 Å². The summed E-state index contributed by atoms with van der Waals surface area (Å²) < 4.78 is 36.4. The van der Waals surface area contributed by atoms with Gasteiger partial charge >= 0.3 is 11.9 Å². The van der Waals surface area contributed by atoms with Crippen molar-refractivity contribution in [3.63, 3.8) is 0 Å². The molecule has 0 aliphatic rings. The number of nitrogens with one attached hydrogen (secondary N) is 1. The quantitative estimate of drug-likeness (QED) is 0.0465. The Balaban J connectivity index is 0. The molecular weight excluding hydrogens is 554 g/mol. The van der Waals surface area contributed by atoms with Crippen LogP contribution in [0.25, 0.3) is 0 Å². The van der Waals surface area contributed by atoms with Gasteiger partial charge in [0.1, 0.15) is 13.2 Å². The Labute approximate surface area is 259 Å². The predicted octanol–water partition coefficient (Wildman–Crippen LogP) is 8.57.